The Morgan fingerprint density at radius 3 is 1.97 bits per heavy atom. The molecule has 0 aliphatic carbocycles. The fourth-order valence-corrected chi connectivity index (χ4v) is 4.05. The molecule has 1 aromatic heterocycles. The molecular weight excluding hydrogens is 541 g/mol. The van der Waals surface area contributed by atoms with Gasteiger partial charge in [0.1, 0.15) is 0 Å². The van der Waals surface area contributed by atoms with Gasteiger partial charge in [-0.3, -0.25) is 9.98 Å². The number of halogens is 2. The zero-order valence-electron chi connectivity index (χ0n) is 22.4. The van der Waals surface area contributed by atoms with Crippen LogP contribution in [0.4, 0.5) is 11.4 Å². The summed E-state index contributed by atoms with van der Waals surface area (Å²) in [5.74, 6) is 0.696. The van der Waals surface area contributed by atoms with Crippen LogP contribution in [0.1, 0.15) is 87.0 Å². The third-order valence-electron chi connectivity index (χ3n) is 5.87. The fourth-order valence-electron chi connectivity index (χ4n) is 4.05. The van der Waals surface area contributed by atoms with Gasteiger partial charge in [-0.05, 0) is 72.2 Å². The summed E-state index contributed by atoms with van der Waals surface area (Å²) >= 11 is 0.194. The van der Waals surface area contributed by atoms with Crippen LogP contribution in [0.2, 0.25) is 0 Å². The van der Waals surface area contributed by atoms with Crippen LogP contribution < -0.4 is 0 Å². The molecule has 2 aromatic carbocycles. The van der Waals surface area contributed by atoms with Crippen LogP contribution in [0.5, 0.6) is 0 Å². The first kappa shape index (κ1) is 30.7. The van der Waals surface area contributed by atoms with E-state index in [-0.39, 0.29) is 13.1 Å². The molecule has 0 unspecified atom stereocenters. The van der Waals surface area contributed by atoms with Gasteiger partial charge >= 0.3 is 33.3 Å². The van der Waals surface area contributed by atoms with Crippen molar-refractivity contribution in [3.05, 3.63) is 101 Å². The molecule has 3 rings (SSSR count). The van der Waals surface area contributed by atoms with Crippen molar-refractivity contribution in [3.8, 4) is 0 Å². The van der Waals surface area contributed by atoms with Crippen molar-refractivity contribution in [2.24, 2.45) is 9.98 Å². The first-order valence-electron chi connectivity index (χ1n) is 12.1. The maximum absolute atomic E-state index is 5.14. The van der Waals surface area contributed by atoms with Gasteiger partial charge in [-0.25, -0.2) is 4.98 Å². The second-order valence-electron chi connectivity index (χ2n) is 9.17. The molecular formula is C31H35Cl2FeN3. The van der Waals surface area contributed by atoms with Gasteiger partial charge in [0.2, 0.25) is 0 Å². The van der Waals surface area contributed by atoms with E-state index in [0.29, 0.717) is 11.8 Å². The van der Waals surface area contributed by atoms with E-state index in [9.17, 15) is 0 Å². The predicted molar refractivity (Wildman–Crippen MR) is 161 cm³/mol. The van der Waals surface area contributed by atoms with E-state index in [2.05, 4.69) is 53.0 Å². The summed E-state index contributed by atoms with van der Waals surface area (Å²) < 4.78 is 0. The molecule has 1 heterocycles. The molecule has 0 spiro atoms. The number of hydrogen-bond donors (Lipinski definition) is 0. The molecule has 0 radical (unpaired) electrons. The van der Waals surface area contributed by atoms with Gasteiger partial charge in [-0.15, -0.1) is 0 Å². The normalized spacial score (nSPS) is 11.9. The average molecular weight is 576 g/mol. The second kappa shape index (κ2) is 15.0. The monoisotopic (exact) mass is 575 g/mol. The third kappa shape index (κ3) is 8.51. The first-order valence-corrected chi connectivity index (χ1v) is 15.2. The number of pyridine rings is 1. The molecule has 0 amide bonds. The van der Waals surface area contributed by atoms with Gasteiger partial charge in [0.05, 0.1) is 34.2 Å². The average Bonchev–Trinajstić information content (AvgIpc) is 2.88. The molecule has 37 heavy (non-hydrogen) atoms. The third-order valence-corrected chi connectivity index (χ3v) is 5.87. The van der Waals surface area contributed by atoms with E-state index in [4.69, 9.17) is 35.2 Å². The molecule has 0 aliphatic heterocycles. The number of rotatable bonds is 8. The van der Waals surface area contributed by atoms with Crippen LogP contribution in [0.25, 0.3) is 12.2 Å². The summed E-state index contributed by atoms with van der Waals surface area (Å²) in [7, 11) is 9.53. The molecule has 0 saturated heterocycles. The quantitative estimate of drug-likeness (QED) is 0.194. The zero-order chi connectivity index (χ0) is 27.5. The van der Waals surface area contributed by atoms with Crippen molar-refractivity contribution in [2.75, 3.05) is 0 Å². The van der Waals surface area contributed by atoms with Gasteiger partial charge in [-0.2, -0.15) is 0 Å². The van der Waals surface area contributed by atoms with E-state index < -0.39 is 0 Å². The van der Waals surface area contributed by atoms with Crippen molar-refractivity contribution >= 4 is 55.1 Å². The molecule has 3 aromatic rings. The van der Waals surface area contributed by atoms with Gasteiger partial charge < -0.3 is 0 Å². The summed E-state index contributed by atoms with van der Waals surface area (Å²) in [5.41, 5.74) is 10.0. The zero-order valence-corrected chi connectivity index (χ0v) is 25.0. The van der Waals surface area contributed by atoms with Crippen LogP contribution in [0.3, 0.4) is 0 Å². The summed E-state index contributed by atoms with van der Waals surface area (Å²) in [4.78, 5) is 14.8. The maximum atomic E-state index is 5.14. The number of aliphatic imine (C=N–C) groups is 2. The van der Waals surface area contributed by atoms with E-state index in [1.165, 1.54) is 11.1 Å². The van der Waals surface area contributed by atoms with E-state index in [1.807, 2.05) is 68.5 Å². The van der Waals surface area contributed by atoms with Crippen molar-refractivity contribution in [2.45, 2.75) is 53.4 Å². The van der Waals surface area contributed by atoms with Crippen molar-refractivity contribution in [1.29, 1.82) is 0 Å². The van der Waals surface area contributed by atoms with Gasteiger partial charge in [0.25, 0.3) is 0 Å². The Morgan fingerprint density at radius 1 is 0.838 bits per heavy atom. The molecule has 0 N–H and O–H groups in total. The van der Waals surface area contributed by atoms with E-state index >= 15 is 0 Å². The Bertz CT molecular complexity index is 1290. The minimum atomic E-state index is 0.194. The molecule has 0 fully saturated rings. The van der Waals surface area contributed by atoms with Crippen molar-refractivity contribution in [1.82, 2.24) is 4.98 Å². The second-order valence-corrected chi connectivity index (χ2v) is 11.0. The first-order chi connectivity index (χ1) is 17.7. The fraction of sp³-hybridized carbons (Fsp3) is 0.258. The van der Waals surface area contributed by atoms with Crippen molar-refractivity contribution < 1.29 is 13.1 Å². The predicted octanol–water partition coefficient (Wildman–Crippen LogP) is 10.3. The Labute approximate surface area is 237 Å². The molecule has 196 valence electrons. The Kier molecular flexibility index (Phi) is 12.5. The standard InChI is InChI=1S/C31H35N3.2ClH.Fe/c1-9-24-13-11-14-26(19-24)32-22(7)28-15-12-16-29(34-28)23(8)33-31-27(20(3)4)18-17-25(10-2)30(31)21(5)6;;;/h9-21H,1-2H2,3-8H3;2*1H;/q;;;+2/p-2. The summed E-state index contributed by atoms with van der Waals surface area (Å²) in [5, 5.41) is 0. The summed E-state index contributed by atoms with van der Waals surface area (Å²) in [6.45, 7) is 20.7. The molecule has 0 aliphatic rings. The molecule has 3 nitrogen and oxygen atoms in total. The molecule has 0 atom stereocenters. The Morgan fingerprint density at radius 2 is 1.43 bits per heavy atom. The minimum absolute atomic E-state index is 0.194. The summed E-state index contributed by atoms with van der Waals surface area (Å²) in [6.07, 6.45) is 3.75. The number of hydrogen-bond acceptors (Lipinski definition) is 3. The van der Waals surface area contributed by atoms with Gasteiger partial charge in [0.15, 0.2) is 0 Å². The molecule has 0 bridgehead atoms. The van der Waals surface area contributed by atoms with Crippen molar-refractivity contribution in [3.63, 3.8) is 0 Å². The molecule has 0 saturated carbocycles. The topological polar surface area (TPSA) is 37.6 Å². The van der Waals surface area contributed by atoms with Crippen LogP contribution in [-0.4, -0.2) is 16.4 Å². The molecule has 6 heteroatoms. The van der Waals surface area contributed by atoms with E-state index in [1.54, 1.807) is 0 Å². The Hall–Kier alpha value is -2.49. The van der Waals surface area contributed by atoms with Crippen LogP contribution in [-0.2, 0) is 13.1 Å². The van der Waals surface area contributed by atoms with E-state index in [0.717, 1.165) is 45.3 Å². The van der Waals surface area contributed by atoms with Gasteiger partial charge in [0, 0.05) is 0 Å². The Balaban J connectivity index is 0.00000153. The SMILES string of the molecule is C=Cc1cccc(N=C(C)c2cccc(C(C)=Nc3c(C(C)C)ccc(C=C)c3C(C)C)n2)c1.[Cl][Fe][Cl]. The summed E-state index contributed by atoms with van der Waals surface area (Å²) in [6, 6.07) is 18.4. The number of aromatic nitrogens is 1. The van der Waals surface area contributed by atoms with Crippen LogP contribution >= 0.6 is 20.2 Å². The van der Waals surface area contributed by atoms with Crippen LogP contribution in [0, 0.1) is 0 Å². The van der Waals surface area contributed by atoms with Gasteiger partial charge in [-0.1, -0.05) is 83.3 Å². The van der Waals surface area contributed by atoms with Crippen LogP contribution in [0.15, 0.2) is 77.7 Å². The number of nitrogens with zero attached hydrogens (tertiary/aromatic N) is 3. The number of benzene rings is 2.